The SMILES string of the molecule is O=C(Cn1c(=O)n(-c2ccc(Cl)cc2)c(=O)c2ccccc21)Nc1ccccc1. The molecule has 7 heteroatoms. The molecule has 0 aliphatic carbocycles. The van der Waals surface area contributed by atoms with E-state index in [0.717, 1.165) is 4.57 Å². The van der Waals surface area contributed by atoms with Gasteiger partial charge in [-0.1, -0.05) is 41.9 Å². The molecule has 0 aliphatic heterocycles. The number of aromatic nitrogens is 2. The van der Waals surface area contributed by atoms with Gasteiger partial charge in [0.25, 0.3) is 5.56 Å². The first-order chi connectivity index (χ1) is 14.0. The lowest BCUT2D eigenvalue weighted by Gasteiger charge is -2.14. The topological polar surface area (TPSA) is 73.1 Å². The first-order valence-corrected chi connectivity index (χ1v) is 9.28. The lowest BCUT2D eigenvalue weighted by atomic mass is 10.2. The second-order valence-corrected chi connectivity index (χ2v) is 6.85. The summed E-state index contributed by atoms with van der Waals surface area (Å²) in [7, 11) is 0. The number of nitrogens with zero attached hydrogens (tertiary/aromatic N) is 2. The molecule has 4 aromatic rings. The second-order valence-electron chi connectivity index (χ2n) is 6.42. The van der Waals surface area contributed by atoms with Gasteiger partial charge in [0.2, 0.25) is 5.91 Å². The smallest absolute Gasteiger partial charge is 0.325 e. The van der Waals surface area contributed by atoms with Crippen LogP contribution in [0.5, 0.6) is 0 Å². The molecule has 1 aromatic heterocycles. The molecule has 29 heavy (non-hydrogen) atoms. The predicted octanol–water partition coefficient (Wildman–Crippen LogP) is 3.44. The molecule has 6 nitrogen and oxygen atoms in total. The Morgan fingerprint density at radius 1 is 0.862 bits per heavy atom. The number of hydrogen-bond donors (Lipinski definition) is 1. The minimum absolute atomic E-state index is 0.234. The number of anilines is 1. The van der Waals surface area contributed by atoms with E-state index in [9.17, 15) is 14.4 Å². The molecule has 0 fully saturated rings. The summed E-state index contributed by atoms with van der Waals surface area (Å²) in [6, 6.07) is 22.1. The molecule has 1 N–H and O–H groups in total. The zero-order chi connectivity index (χ0) is 20.4. The van der Waals surface area contributed by atoms with E-state index in [2.05, 4.69) is 5.32 Å². The number of rotatable bonds is 4. The number of carbonyl (C=O) groups is 1. The number of amides is 1. The van der Waals surface area contributed by atoms with Crippen LogP contribution in [-0.2, 0) is 11.3 Å². The largest absolute Gasteiger partial charge is 0.336 e. The minimum Gasteiger partial charge on any atom is -0.325 e. The van der Waals surface area contributed by atoms with Crippen LogP contribution in [0.15, 0.2) is 88.5 Å². The van der Waals surface area contributed by atoms with Crippen LogP contribution in [0.2, 0.25) is 5.02 Å². The summed E-state index contributed by atoms with van der Waals surface area (Å²) in [5.74, 6) is -0.371. The molecule has 0 aliphatic rings. The lowest BCUT2D eigenvalue weighted by Crippen LogP contribution is -2.40. The molecular formula is C22H16ClN3O3. The average Bonchev–Trinajstić information content (AvgIpc) is 2.73. The van der Waals surface area contributed by atoms with Gasteiger partial charge in [-0.15, -0.1) is 0 Å². The summed E-state index contributed by atoms with van der Waals surface area (Å²) in [6.45, 7) is -0.234. The Labute approximate surface area is 170 Å². The Hall–Kier alpha value is -3.64. The number of halogens is 1. The fourth-order valence-electron chi connectivity index (χ4n) is 3.16. The maximum atomic E-state index is 13.2. The number of fused-ring (bicyclic) bond motifs is 1. The highest BCUT2D eigenvalue weighted by atomic mass is 35.5. The summed E-state index contributed by atoms with van der Waals surface area (Å²) in [4.78, 5) is 38.7. The molecule has 0 spiro atoms. The molecule has 0 bridgehead atoms. The summed E-state index contributed by atoms with van der Waals surface area (Å²) < 4.78 is 2.35. The van der Waals surface area contributed by atoms with Gasteiger partial charge < -0.3 is 5.32 Å². The Bertz CT molecular complexity index is 1310. The van der Waals surface area contributed by atoms with Crippen molar-refractivity contribution in [2.45, 2.75) is 6.54 Å². The van der Waals surface area contributed by atoms with Crippen LogP contribution in [0.25, 0.3) is 16.6 Å². The first kappa shape index (κ1) is 18.7. The van der Waals surface area contributed by atoms with E-state index in [0.29, 0.717) is 27.3 Å². The Morgan fingerprint density at radius 3 is 2.24 bits per heavy atom. The zero-order valence-corrected chi connectivity index (χ0v) is 16.0. The summed E-state index contributed by atoms with van der Waals surface area (Å²) in [6.07, 6.45) is 0. The van der Waals surface area contributed by atoms with Crippen molar-refractivity contribution >= 4 is 34.1 Å². The second kappa shape index (κ2) is 7.77. The normalized spacial score (nSPS) is 10.8. The van der Waals surface area contributed by atoms with Gasteiger partial charge in [-0.25, -0.2) is 9.36 Å². The summed E-state index contributed by atoms with van der Waals surface area (Å²) in [5, 5.41) is 3.59. The fourth-order valence-corrected chi connectivity index (χ4v) is 3.28. The molecule has 0 atom stereocenters. The Morgan fingerprint density at radius 2 is 1.52 bits per heavy atom. The third-order valence-electron chi connectivity index (χ3n) is 4.49. The van der Waals surface area contributed by atoms with Gasteiger partial charge in [0.05, 0.1) is 16.6 Å². The van der Waals surface area contributed by atoms with Crippen molar-refractivity contribution < 1.29 is 4.79 Å². The highest BCUT2D eigenvalue weighted by molar-refractivity contribution is 6.30. The Balaban J connectivity index is 1.85. The number of nitrogens with one attached hydrogen (secondary N) is 1. The molecule has 3 aromatic carbocycles. The van der Waals surface area contributed by atoms with Gasteiger partial charge in [0.1, 0.15) is 6.54 Å². The highest BCUT2D eigenvalue weighted by Crippen LogP contribution is 2.14. The van der Waals surface area contributed by atoms with E-state index in [1.807, 2.05) is 6.07 Å². The van der Waals surface area contributed by atoms with Crippen molar-refractivity contribution in [2.75, 3.05) is 5.32 Å². The van der Waals surface area contributed by atoms with Crippen LogP contribution in [0, 0.1) is 0 Å². The summed E-state index contributed by atoms with van der Waals surface area (Å²) >= 11 is 5.93. The molecule has 0 saturated heterocycles. The van der Waals surface area contributed by atoms with E-state index < -0.39 is 11.2 Å². The number of benzene rings is 3. The van der Waals surface area contributed by atoms with E-state index in [4.69, 9.17) is 11.6 Å². The molecule has 1 amide bonds. The molecule has 4 rings (SSSR count). The van der Waals surface area contributed by atoms with Gasteiger partial charge in [-0.05, 0) is 48.5 Å². The van der Waals surface area contributed by atoms with E-state index >= 15 is 0 Å². The molecule has 144 valence electrons. The van der Waals surface area contributed by atoms with E-state index in [-0.39, 0.29) is 12.5 Å². The zero-order valence-electron chi connectivity index (χ0n) is 15.2. The van der Waals surface area contributed by atoms with Gasteiger partial charge in [-0.3, -0.25) is 14.2 Å². The predicted molar refractivity (Wildman–Crippen MR) is 114 cm³/mol. The maximum absolute atomic E-state index is 13.2. The van der Waals surface area contributed by atoms with Gasteiger partial charge in [0, 0.05) is 10.7 Å². The third kappa shape index (κ3) is 3.70. The lowest BCUT2D eigenvalue weighted by molar-refractivity contribution is -0.116. The first-order valence-electron chi connectivity index (χ1n) is 8.90. The van der Waals surface area contributed by atoms with Gasteiger partial charge in [-0.2, -0.15) is 0 Å². The quantitative estimate of drug-likeness (QED) is 0.565. The Kier molecular flexibility index (Phi) is 5.01. The molecule has 0 unspecified atom stereocenters. The number of hydrogen-bond acceptors (Lipinski definition) is 3. The van der Waals surface area contributed by atoms with Crippen LogP contribution in [0.4, 0.5) is 5.69 Å². The van der Waals surface area contributed by atoms with E-state index in [1.54, 1.807) is 72.8 Å². The molecule has 1 heterocycles. The number of carbonyl (C=O) groups excluding carboxylic acids is 1. The monoisotopic (exact) mass is 405 g/mol. The van der Waals surface area contributed by atoms with Crippen LogP contribution in [0.1, 0.15) is 0 Å². The van der Waals surface area contributed by atoms with Gasteiger partial charge >= 0.3 is 5.69 Å². The fraction of sp³-hybridized carbons (Fsp3) is 0.0455. The van der Waals surface area contributed by atoms with Crippen molar-refractivity contribution in [3.05, 3.63) is 105 Å². The van der Waals surface area contributed by atoms with Crippen molar-refractivity contribution in [1.82, 2.24) is 9.13 Å². The van der Waals surface area contributed by atoms with Crippen LogP contribution >= 0.6 is 11.6 Å². The van der Waals surface area contributed by atoms with Crippen LogP contribution < -0.4 is 16.6 Å². The average molecular weight is 406 g/mol. The summed E-state index contributed by atoms with van der Waals surface area (Å²) in [5.41, 5.74) is 0.357. The van der Waals surface area contributed by atoms with Crippen molar-refractivity contribution in [3.8, 4) is 5.69 Å². The third-order valence-corrected chi connectivity index (χ3v) is 4.75. The van der Waals surface area contributed by atoms with Crippen molar-refractivity contribution in [3.63, 3.8) is 0 Å². The van der Waals surface area contributed by atoms with Crippen LogP contribution in [0.3, 0.4) is 0 Å². The van der Waals surface area contributed by atoms with E-state index in [1.165, 1.54) is 4.57 Å². The molecule has 0 radical (unpaired) electrons. The minimum atomic E-state index is -0.598. The van der Waals surface area contributed by atoms with Crippen LogP contribution in [-0.4, -0.2) is 15.0 Å². The standard InChI is InChI=1S/C22H16ClN3O3/c23-15-10-12-17(13-11-15)26-21(28)18-8-4-5-9-19(18)25(22(26)29)14-20(27)24-16-6-2-1-3-7-16/h1-13H,14H2,(H,24,27). The maximum Gasteiger partial charge on any atom is 0.336 e. The molecular weight excluding hydrogens is 390 g/mol. The van der Waals surface area contributed by atoms with Crippen molar-refractivity contribution in [2.24, 2.45) is 0 Å². The highest BCUT2D eigenvalue weighted by Gasteiger charge is 2.16. The number of para-hydroxylation sites is 2. The van der Waals surface area contributed by atoms with Crippen molar-refractivity contribution in [1.29, 1.82) is 0 Å². The van der Waals surface area contributed by atoms with Gasteiger partial charge in [0.15, 0.2) is 0 Å². The molecule has 0 saturated carbocycles.